The van der Waals surface area contributed by atoms with Crippen molar-refractivity contribution in [3.05, 3.63) is 83.7 Å². The molecule has 0 aliphatic heterocycles. The molecule has 0 spiro atoms. The Hall–Kier alpha value is -4.13. The van der Waals surface area contributed by atoms with Crippen molar-refractivity contribution in [2.75, 3.05) is 0 Å². The van der Waals surface area contributed by atoms with E-state index in [2.05, 4.69) is 32.1 Å². The number of aromatic nitrogens is 4. The van der Waals surface area contributed by atoms with E-state index in [1.54, 1.807) is 41.4 Å². The highest BCUT2D eigenvalue weighted by Gasteiger charge is 2.10. The maximum Gasteiger partial charge on any atom is 0.256 e. The van der Waals surface area contributed by atoms with Gasteiger partial charge in [0, 0.05) is 36.8 Å². The molecule has 0 saturated heterocycles. The van der Waals surface area contributed by atoms with Gasteiger partial charge in [-0.05, 0) is 60.7 Å². The van der Waals surface area contributed by atoms with Crippen LogP contribution in [-0.2, 0) is 7.05 Å². The smallest absolute Gasteiger partial charge is 0.256 e. The minimum absolute atomic E-state index is 0.290. The van der Waals surface area contributed by atoms with E-state index in [9.17, 15) is 4.79 Å². The zero-order valence-electron chi connectivity index (χ0n) is 16.7. The van der Waals surface area contributed by atoms with E-state index in [0.717, 1.165) is 27.8 Å². The van der Waals surface area contributed by atoms with Gasteiger partial charge in [0.1, 0.15) is 5.82 Å². The van der Waals surface area contributed by atoms with Crippen LogP contribution in [0.25, 0.3) is 28.2 Å². The molecule has 7 nitrogen and oxygen atoms in total. The van der Waals surface area contributed by atoms with Gasteiger partial charge in [0.2, 0.25) is 0 Å². The van der Waals surface area contributed by atoms with Crippen LogP contribution in [0.4, 0.5) is 0 Å². The van der Waals surface area contributed by atoms with E-state index in [4.69, 9.17) is 0 Å². The summed E-state index contributed by atoms with van der Waals surface area (Å²) in [7, 11) is 1.88. The van der Waals surface area contributed by atoms with Crippen molar-refractivity contribution in [2.24, 2.45) is 12.0 Å². The molecule has 0 unspecified atom stereocenters. The Morgan fingerprint density at radius 3 is 2.63 bits per heavy atom. The summed E-state index contributed by atoms with van der Waals surface area (Å²) in [6.07, 6.45) is 8.79. The number of nitrogens with zero attached hydrogens (tertiary/aromatic N) is 5. The maximum atomic E-state index is 12.7. The SMILES string of the molecule is C=N/C(=C\c1cc(-c2cnn(C)c2)ccc1C)NC(=O)c1ccc2nccnc2c1. The van der Waals surface area contributed by atoms with Gasteiger partial charge in [-0.2, -0.15) is 5.10 Å². The second-order valence-electron chi connectivity index (χ2n) is 6.88. The van der Waals surface area contributed by atoms with Crippen molar-refractivity contribution in [1.29, 1.82) is 0 Å². The third kappa shape index (κ3) is 4.00. The van der Waals surface area contributed by atoms with Crippen LogP contribution in [0.5, 0.6) is 0 Å². The zero-order valence-corrected chi connectivity index (χ0v) is 16.7. The van der Waals surface area contributed by atoms with E-state index < -0.39 is 0 Å². The van der Waals surface area contributed by atoms with Gasteiger partial charge < -0.3 is 5.32 Å². The largest absolute Gasteiger partial charge is 0.307 e. The van der Waals surface area contributed by atoms with Gasteiger partial charge in [0.15, 0.2) is 0 Å². The van der Waals surface area contributed by atoms with Crippen LogP contribution >= 0.6 is 0 Å². The minimum Gasteiger partial charge on any atom is -0.307 e. The molecule has 0 bridgehead atoms. The fourth-order valence-corrected chi connectivity index (χ4v) is 3.11. The number of aryl methyl sites for hydroxylation is 2. The predicted octanol–water partition coefficient (Wildman–Crippen LogP) is 3.77. The van der Waals surface area contributed by atoms with Gasteiger partial charge in [0.05, 0.1) is 17.2 Å². The van der Waals surface area contributed by atoms with Gasteiger partial charge in [-0.3, -0.25) is 19.4 Å². The third-order valence-corrected chi connectivity index (χ3v) is 4.75. The van der Waals surface area contributed by atoms with Crippen molar-refractivity contribution >= 4 is 29.7 Å². The van der Waals surface area contributed by atoms with E-state index >= 15 is 0 Å². The van der Waals surface area contributed by atoms with Gasteiger partial charge in [-0.1, -0.05) is 12.1 Å². The number of hydrogen-bond acceptors (Lipinski definition) is 5. The molecule has 0 aliphatic carbocycles. The first-order chi connectivity index (χ1) is 14.5. The van der Waals surface area contributed by atoms with Crippen LogP contribution in [0.3, 0.4) is 0 Å². The topological polar surface area (TPSA) is 85.1 Å². The first-order valence-electron chi connectivity index (χ1n) is 9.34. The summed E-state index contributed by atoms with van der Waals surface area (Å²) in [5.74, 6) is 0.0768. The molecule has 148 valence electrons. The Labute approximate surface area is 173 Å². The Morgan fingerprint density at radius 1 is 1.10 bits per heavy atom. The first kappa shape index (κ1) is 19.2. The lowest BCUT2D eigenvalue weighted by Gasteiger charge is -2.09. The van der Waals surface area contributed by atoms with Gasteiger partial charge >= 0.3 is 0 Å². The molecule has 0 saturated carbocycles. The van der Waals surface area contributed by atoms with Crippen molar-refractivity contribution in [3.63, 3.8) is 0 Å². The molecule has 30 heavy (non-hydrogen) atoms. The van der Waals surface area contributed by atoms with Crippen molar-refractivity contribution in [3.8, 4) is 11.1 Å². The van der Waals surface area contributed by atoms with E-state index in [1.807, 2.05) is 44.6 Å². The first-order valence-corrected chi connectivity index (χ1v) is 9.34. The fourth-order valence-electron chi connectivity index (χ4n) is 3.11. The molecule has 4 aromatic rings. The summed E-state index contributed by atoms with van der Waals surface area (Å²) in [6.45, 7) is 5.60. The second kappa shape index (κ2) is 8.08. The fraction of sp³-hybridized carbons (Fsp3) is 0.0870. The van der Waals surface area contributed by atoms with Crippen molar-refractivity contribution in [1.82, 2.24) is 25.1 Å². The molecule has 2 heterocycles. The molecule has 0 fully saturated rings. The van der Waals surface area contributed by atoms with Crippen LogP contribution in [-0.4, -0.2) is 32.4 Å². The number of carbonyl (C=O) groups excluding carboxylic acids is 1. The highest BCUT2D eigenvalue weighted by atomic mass is 16.1. The van der Waals surface area contributed by atoms with Crippen LogP contribution in [0.2, 0.25) is 0 Å². The molecule has 4 rings (SSSR count). The van der Waals surface area contributed by atoms with Gasteiger partial charge in [-0.25, -0.2) is 4.99 Å². The summed E-state index contributed by atoms with van der Waals surface area (Å²) >= 11 is 0. The van der Waals surface area contributed by atoms with Crippen LogP contribution in [0.15, 0.2) is 72.0 Å². The number of fused-ring (bicyclic) bond motifs is 1. The second-order valence-corrected chi connectivity index (χ2v) is 6.88. The standard InChI is InChI=1S/C23H20N6O/c1-15-4-5-16(19-13-27-29(3)14-19)10-18(15)12-22(24-2)28-23(30)17-6-7-20-21(11-17)26-9-8-25-20/h4-14H,2H2,1,3H3,(H,28,30)/b22-12+. The number of benzene rings is 2. The average molecular weight is 396 g/mol. The third-order valence-electron chi connectivity index (χ3n) is 4.75. The molecule has 0 atom stereocenters. The molecular weight excluding hydrogens is 376 g/mol. The summed E-state index contributed by atoms with van der Waals surface area (Å²) in [5.41, 5.74) is 5.89. The zero-order chi connectivity index (χ0) is 21.1. The number of amides is 1. The molecule has 7 heteroatoms. The Bertz CT molecular complexity index is 1290. The normalized spacial score (nSPS) is 11.5. The number of rotatable bonds is 5. The lowest BCUT2D eigenvalue weighted by atomic mass is 10.0. The highest BCUT2D eigenvalue weighted by Crippen LogP contribution is 2.23. The summed E-state index contributed by atoms with van der Waals surface area (Å²) in [4.78, 5) is 25.2. The number of nitrogens with one attached hydrogen (secondary N) is 1. The van der Waals surface area contributed by atoms with Crippen molar-refractivity contribution < 1.29 is 4.79 Å². The Morgan fingerprint density at radius 2 is 1.90 bits per heavy atom. The van der Waals surface area contributed by atoms with E-state index in [0.29, 0.717) is 16.9 Å². The number of hydrogen-bond donors (Lipinski definition) is 1. The Kier molecular flexibility index (Phi) is 5.17. The molecule has 1 amide bonds. The lowest BCUT2D eigenvalue weighted by molar-refractivity contribution is 0.0966. The molecule has 2 aromatic carbocycles. The van der Waals surface area contributed by atoms with Crippen LogP contribution in [0, 0.1) is 6.92 Å². The van der Waals surface area contributed by atoms with Crippen molar-refractivity contribution in [2.45, 2.75) is 6.92 Å². The molecule has 0 aliphatic rings. The summed E-state index contributed by atoms with van der Waals surface area (Å²) in [5, 5.41) is 7.04. The molecule has 0 radical (unpaired) electrons. The van der Waals surface area contributed by atoms with E-state index in [-0.39, 0.29) is 5.91 Å². The molecule has 2 aromatic heterocycles. The average Bonchev–Trinajstić information content (AvgIpc) is 3.20. The molecular formula is C23H20N6O. The highest BCUT2D eigenvalue weighted by molar-refractivity contribution is 5.98. The van der Waals surface area contributed by atoms with Crippen LogP contribution < -0.4 is 5.32 Å². The summed E-state index contributed by atoms with van der Waals surface area (Å²) in [6, 6.07) is 11.3. The molecule has 1 N–H and O–H groups in total. The van der Waals surface area contributed by atoms with Gasteiger partial charge in [-0.15, -0.1) is 0 Å². The predicted molar refractivity (Wildman–Crippen MR) is 118 cm³/mol. The van der Waals surface area contributed by atoms with E-state index in [1.165, 1.54) is 0 Å². The monoisotopic (exact) mass is 396 g/mol. The Balaban J connectivity index is 1.61. The van der Waals surface area contributed by atoms with Gasteiger partial charge in [0.25, 0.3) is 5.91 Å². The maximum absolute atomic E-state index is 12.7. The lowest BCUT2D eigenvalue weighted by Crippen LogP contribution is -2.21. The number of carbonyl (C=O) groups is 1. The van der Waals surface area contributed by atoms with Crippen LogP contribution in [0.1, 0.15) is 21.5 Å². The minimum atomic E-state index is -0.290. The summed E-state index contributed by atoms with van der Waals surface area (Å²) < 4.78 is 1.76. The number of aliphatic imine (C=N–C) groups is 1. The quantitative estimate of drug-likeness (QED) is 0.521.